The van der Waals surface area contributed by atoms with Crippen LogP contribution in [-0.4, -0.2) is 18.1 Å². The first kappa shape index (κ1) is 17.1. The molecule has 2 rings (SSSR count). The van der Waals surface area contributed by atoms with E-state index in [0.717, 1.165) is 12.0 Å². The SMILES string of the molecule is CCc1ccc(C[C@@H](NC(=O)c2ccccc2)C(F)(F)F)cc1. The molecule has 5 heteroatoms. The summed E-state index contributed by atoms with van der Waals surface area (Å²) in [6.07, 6.45) is -3.96. The van der Waals surface area contributed by atoms with E-state index in [9.17, 15) is 18.0 Å². The molecule has 0 aromatic heterocycles. The van der Waals surface area contributed by atoms with Crippen LogP contribution < -0.4 is 5.32 Å². The van der Waals surface area contributed by atoms with Crippen LogP contribution >= 0.6 is 0 Å². The molecule has 0 fully saturated rings. The number of carbonyl (C=O) groups excluding carboxylic acids is 1. The van der Waals surface area contributed by atoms with Crippen LogP contribution in [0.5, 0.6) is 0 Å². The Hall–Kier alpha value is -2.30. The van der Waals surface area contributed by atoms with Crippen LogP contribution in [-0.2, 0) is 12.8 Å². The van der Waals surface area contributed by atoms with Gasteiger partial charge in [-0.3, -0.25) is 4.79 Å². The minimum absolute atomic E-state index is 0.211. The molecule has 2 aromatic rings. The highest BCUT2D eigenvalue weighted by molar-refractivity contribution is 5.94. The molecular formula is C18H18F3NO. The Balaban J connectivity index is 2.12. The zero-order chi connectivity index (χ0) is 16.9. The molecule has 0 aliphatic rings. The van der Waals surface area contributed by atoms with E-state index >= 15 is 0 Å². The lowest BCUT2D eigenvalue weighted by Gasteiger charge is -2.22. The van der Waals surface area contributed by atoms with Gasteiger partial charge in [-0.05, 0) is 29.7 Å². The van der Waals surface area contributed by atoms with Crippen molar-refractivity contribution >= 4 is 5.91 Å². The van der Waals surface area contributed by atoms with Crippen molar-refractivity contribution in [2.75, 3.05) is 0 Å². The number of amides is 1. The number of nitrogens with one attached hydrogen (secondary N) is 1. The van der Waals surface area contributed by atoms with Crippen molar-refractivity contribution in [3.8, 4) is 0 Å². The van der Waals surface area contributed by atoms with Gasteiger partial charge in [0.1, 0.15) is 6.04 Å². The molecular weight excluding hydrogens is 303 g/mol. The Morgan fingerprint density at radius 1 is 1.00 bits per heavy atom. The number of aryl methyl sites for hydroxylation is 1. The minimum Gasteiger partial charge on any atom is -0.340 e. The summed E-state index contributed by atoms with van der Waals surface area (Å²) < 4.78 is 39.6. The van der Waals surface area contributed by atoms with Crippen LogP contribution in [0.2, 0.25) is 0 Å². The molecule has 1 N–H and O–H groups in total. The van der Waals surface area contributed by atoms with Crippen molar-refractivity contribution in [1.82, 2.24) is 5.32 Å². The molecule has 0 radical (unpaired) electrons. The lowest BCUT2D eigenvalue weighted by molar-refractivity contribution is -0.153. The lowest BCUT2D eigenvalue weighted by Crippen LogP contribution is -2.46. The fourth-order valence-electron chi connectivity index (χ4n) is 2.23. The Morgan fingerprint density at radius 2 is 1.57 bits per heavy atom. The van der Waals surface area contributed by atoms with Gasteiger partial charge < -0.3 is 5.32 Å². The van der Waals surface area contributed by atoms with Gasteiger partial charge in [-0.15, -0.1) is 0 Å². The van der Waals surface area contributed by atoms with Gasteiger partial charge in [-0.1, -0.05) is 49.4 Å². The summed E-state index contributed by atoms with van der Waals surface area (Å²) >= 11 is 0. The molecule has 1 atom stereocenters. The van der Waals surface area contributed by atoms with Gasteiger partial charge in [0, 0.05) is 12.0 Å². The lowest BCUT2D eigenvalue weighted by atomic mass is 10.0. The van der Waals surface area contributed by atoms with Crippen LogP contribution in [0.1, 0.15) is 28.4 Å². The molecule has 0 heterocycles. The van der Waals surface area contributed by atoms with Gasteiger partial charge in [0.25, 0.3) is 5.91 Å². The topological polar surface area (TPSA) is 29.1 Å². The Morgan fingerprint density at radius 3 is 2.09 bits per heavy atom. The second-order valence-electron chi connectivity index (χ2n) is 5.31. The summed E-state index contributed by atoms with van der Waals surface area (Å²) in [5.41, 5.74) is 1.81. The predicted octanol–water partition coefficient (Wildman–Crippen LogP) is 4.15. The summed E-state index contributed by atoms with van der Waals surface area (Å²) in [5.74, 6) is -0.724. The summed E-state index contributed by atoms with van der Waals surface area (Å²) in [4.78, 5) is 12.0. The average molecular weight is 321 g/mol. The first-order chi connectivity index (χ1) is 10.9. The van der Waals surface area contributed by atoms with Crippen molar-refractivity contribution in [2.24, 2.45) is 0 Å². The van der Waals surface area contributed by atoms with E-state index in [-0.39, 0.29) is 12.0 Å². The quantitative estimate of drug-likeness (QED) is 0.880. The molecule has 23 heavy (non-hydrogen) atoms. The number of rotatable bonds is 5. The number of alkyl halides is 3. The number of benzene rings is 2. The maximum absolute atomic E-state index is 13.2. The van der Waals surface area contributed by atoms with Crippen molar-refractivity contribution in [1.29, 1.82) is 0 Å². The number of halogens is 3. The smallest absolute Gasteiger partial charge is 0.340 e. The van der Waals surface area contributed by atoms with Crippen LogP contribution in [0.15, 0.2) is 54.6 Å². The van der Waals surface area contributed by atoms with Gasteiger partial charge >= 0.3 is 6.18 Å². The van der Waals surface area contributed by atoms with Crippen LogP contribution in [0.3, 0.4) is 0 Å². The summed E-state index contributed by atoms with van der Waals surface area (Å²) in [7, 11) is 0. The molecule has 0 aliphatic carbocycles. The molecule has 0 unspecified atom stereocenters. The fourth-order valence-corrected chi connectivity index (χ4v) is 2.23. The Labute approximate surface area is 133 Å². The van der Waals surface area contributed by atoms with Crippen molar-refractivity contribution in [2.45, 2.75) is 32.0 Å². The summed E-state index contributed by atoms with van der Waals surface area (Å²) in [6, 6.07) is 12.9. The van der Waals surface area contributed by atoms with E-state index in [1.54, 1.807) is 30.3 Å². The Bertz CT molecular complexity index is 636. The standard InChI is InChI=1S/C18H18F3NO/c1-2-13-8-10-14(11-9-13)12-16(18(19,20)21)22-17(23)15-6-4-3-5-7-15/h3-11,16H,2,12H2,1H3,(H,22,23)/t16-/m1/s1. The highest BCUT2D eigenvalue weighted by Crippen LogP contribution is 2.24. The predicted molar refractivity (Wildman–Crippen MR) is 83.3 cm³/mol. The van der Waals surface area contributed by atoms with Gasteiger partial charge in [0.05, 0.1) is 0 Å². The highest BCUT2D eigenvalue weighted by Gasteiger charge is 2.40. The molecule has 0 bridgehead atoms. The summed E-state index contributed by atoms with van der Waals surface area (Å²) in [5, 5.41) is 2.09. The maximum Gasteiger partial charge on any atom is 0.408 e. The van der Waals surface area contributed by atoms with E-state index in [4.69, 9.17) is 0 Å². The first-order valence-electron chi connectivity index (χ1n) is 7.40. The zero-order valence-electron chi connectivity index (χ0n) is 12.7. The van der Waals surface area contributed by atoms with Gasteiger partial charge in [-0.25, -0.2) is 0 Å². The molecule has 2 aromatic carbocycles. The Kier molecular flexibility index (Phi) is 5.42. The second kappa shape index (κ2) is 7.31. The monoisotopic (exact) mass is 321 g/mol. The van der Waals surface area contributed by atoms with Crippen LogP contribution in [0, 0.1) is 0 Å². The van der Waals surface area contributed by atoms with Crippen LogP contribution in [0.25, 0.3) is 0 Å². The molecule has 122 valence electrons. The van der Waals surface area contributed by atoms with Gasteiger partial charge in [0.2, 0.25) is 0 Å². The molecule has 2 nitrogen and oxygen atoms in total. The molecule has 0 spiro atoms. The van der Waals surface area contributed by atoms with Crippen molar-refractivity contribution in [3.63, 3.8) is 0 Å². The highest BCUT2D eigenvalue weighted by atomic mass is 19.4. The molecule has 0 aliphatic heterocycles. The van der Waals surface area contributed by atoms with E-state index in [0.29, 0.717) is 5.56 Å². The number of hydrogen-bond acceptors (Lipinski definition) is 1. The molecule has 0 saturated heterocycles. The maximum atomic E-state index is 13.2. The molecule has 1 amide bonds. The second-order valence-corrected chi connectivity index (χ2v) is 5.31. The van der Waals surface area contributed by atoms with Gasteiger partial charge in [-0.2, -0.15) is 13.2 Å². The van der Waals surface area contributed by atoms with E-state index in [1.165, 1.54) is 12.1 Å². The van der Waals surface area contributed by atoms with E-state index < -0.39 is 18.1 Å². The van der Waals surface area contributed by atoms with E-state index in [1.807, 2.05) is 19.1 Å². The fraction of sp³-hybridized carbons (Fsp3) is 0.278. The third kappa shape index (κ3) is 4.84. The van der Waals surface area contributed by atoms with Crippen molar-refractivity contribution < 1.29 is 18.0 Å². The van der Waals surface area contributed by atoms with E-state index in [2.05, 4.69) is 5.32 Å². The third-order valence-corrected chi connectivity index (χ3v) is 3.61. The minimum atomic E-state index is -4.51. The first-order valence-corrected chi connectivity index (χ1v) is 7.40. The van der Waals surface area contributed by atoms with Gasteiger partial charge in [0.15, 0.2) is 0 Å². The average Bonchev–Trinajstić information content (AvgIpc) is 2.54. The molecule has 0 saturated carbocycles. The zero-order valence-corrected chi connectivity index (χ0v) is 12.7. The number of carbonyl (C=O) groups is 1. The normalized spacial score (nSPS) is 12.7. The van der Waals surface area contributed by atoms with Crippen molar-refractivity contribution in [3.05, 3.63) is 71.3 Å². The number of hydrogen-bond donors (Lipinski definition) is 1. The van der Waals surface area contributed by atoms with Crippen LogP contribution in [0.4, 0.5) is 13.2 Å². The third-order valence-electron chi connectivity index (χ3n) is 3.61. The largest absolute Gasteiger partial charge is 0.408 e. The summed E-state index contributed by atoms with van der Waals surface area (Å²) in [6.45, 7) is 1.98.